The molecule has 19 heavy (non-hydrogen) atoms. The molecule has 0 heterocycles. The molecule has 0 bridgehead atoms. The quantitative estimate of drug-likeness (QED) is 0.616. The van der Waals surface area contributed by atoms with Crippen molar-refractivity contribution in [2.45, 2.75) is 59.3 Å². The molecule has 0 unspecified atom stereocenters. The topological polar surface area (TPSA) is 23.8 Å². The van der Waals surface area contributed by atoms with Crippen molar-refractivity contribution >= 4 is 0 Å². The molecule has 1 heteroatoms. The summed E-state index contributed by atoms with van der Waals surface area (Å²) in [6.07, 6.45) is 7.81. The minimum absolute atomic E-state index is 0.755. The van der Waals surface area contributed by atoms with Gasteiger partial charge in [0.25, 0.3) is 0 Å². The van der Waals surface area contributed by atoms with Crippen molar-refractivity contribution in [2.75, 3.05) is 0 Å². The van der Waals surface area contributed by atoms with E-state index in [1.54, 1.807) is 0 Å². The van der Waals surface area contributed by atoms with Crippen LogP contribution in [-0.2, 0) is 6.42 Å². The molecular formula is C18H27N. The smallest absolute Gasteiger partial charge is 0.0991 e. The Labute approximate surface area is 118 Å². The first kappa shape index (κ1) is 15.8. The summed E-state index contributed by atoms with van der Waals surface area (Å²) < 4.78 is 0. The van der Waals surface area contributed by atoms with E-state index in [4.69, 9.17) is 5.26 Å². The zero-order valence-electron chi connectivity index (χ0n) is 12.7. The van der Waals surface area contributed by atoms with Crippen LogP contribution < -0.4 is 0 Å². The van der Waals surface area contributed by atoms with Gasteiger partial charge in [-0.1, -0.05) is 58.6 Å². The molecule has 104 valence electrons. The fourth-order valence-corrected chi connectivity index (χ4v) is 2.42. The van der Waals surface area contributed by atoms with Crippen LogP contribution in [-0.4, -0.2) is 0 Å². The normalized spacial score (nSPS) is 12.4. The lowest BCUT2D eigenvalue weighted by atomic mass is 9.94. The summed E-state index contributed by atoms with van der Waals surface area (Å²) in [6.45, 7) is 6.98. The van der Waals surface area contributed by atoms with Gasteiger partial charge in [0.15, 0.2) is 0 Å². The Morgan fingerprint density at radius 3 is 2.16 bits per heavy atom. The number of nitrogens with zero attached hydrogens (tertiary/aromatic N) is 1. The van der Waals surface area contributed by atoms with E-state index in [0.717, 1.165) is 23.8 Å². The first-order valence-corrected chi connectivity index (χ1v) is 7.61. The molecule has 0 aliphatic heterocycles. The highest BCUT2D eigenvalue weighted by Gasteiger charge is 2.03. The molecule has 1 aromatic rings. The molecule has 0 saturated carbocycles. The molecule has 0 spiro atoms. The van der Waals surface area contributed by atoms with Gasteiger partial charge < -0.3 is 0 Å². The maximum absolute atomic E-state index is 8.75. The molecule has 0 N–H and O–H groups in total. The molecule has 1 atom stereocenters. The van der Waals surface area contributed by atoms with Crippen molar-refractivity contribution in [3.8, 4) is 6.07 Å². The summed E-state index contributed by atoms with van der Waals surface area (Å²) in [5.74, 6) is 1.68. The third-order valence-electron chi connectivity index (χ3n) is 3.72. The van der Waals surface area contributed by atoms with Gasteiger partial charge in [-0.2, -0.15) is 5.26 Å². The minimum atomic E-state index is 0.755. The fraction of sp³-hybridized carbons (Fsp3) is 0.611. The molecule has 1 aromatic carbocycles. The summed E-state index contributed by atoms with van der Waals surface area (Å²) in [5, 5.41) is 8.75. The minimum Gasteiger partial charge on any atom is -0.192 e. The summed E-state index contributed by atoms with van der Waals surface area (Å²) in [7, 11) is 0. The maximum Gasteiger partial charge on any atom is 0.0991 e. The second kappa shape index (κ2) is 8.75. The van der Waals surface area contributed by atoms with E-state index in [0.29, 0.717) is 0 Å². The van der Waals surface area contributed by atoms with Crippen LogP contribution in [0.1, 0.15) is 64.0 Å². The fourth-order valence-electron chi connectivity index (χ4n) is 2.42. The van der Waals surface area contributed by atoms with Crippen LogP contribution >= 0.6 is 0 Å². The molecule has 0 amide bonds. The van der Waals surface area contributed by atoms with E-state index in [9.17, 15) is 0 Å². The van der Waals surface area contributed by atoms with Crippen LogP contribution in [0.5, 0.6) is 0 Å². The van der Waals surface area contributed by atoms with Gasteiger partial charge >= 0.3 is 0 Å². The van der Waals surface area contributed by atoms with Crippen molar-refractivity contribution < 1.29 is 0 Å². The third kappa shape index (κ3) is 7.01. The average Bonchev–Trinajstić information content (AvgIpc) is 2.39. The molecule has 0 radical (unpaired) electrons. The van der Waals surface area contributed by atoms with Gasteiger partial charge in [0.05, 0.1) is 11.6 Å². The second-order valence-corrected chi connectivity index (χ2v) is 6.13. The summed E-state index contributed by atoms with van der Waals surface area (Å²) in [5.41, 5.74) is 2.11. The molecule has 0 aliphatic carbocycles. The van der Waals surface area contributed by atoms with Crippen LogP contribution in [0.2, 0.25) is 0 Å². The Kier molecular flexibility index (Phi) is 7.26. The molecule has 1 rings (SSSR count). The van der Waals surface area contributed by atoms with Gasteiger partial charge in [-0.15, -0.1) is 0 Å². The lowest BCUT2D eigenvalue weighted by Gasteiger charge is -2.12. The number of nitriles is 1. The van der Waals surface area contributed by atoms with Gasteiger partial charge in [-0.05, 0) is 42.4 Å². The van der Waals surface area contributed by atoms with E-state index in [1.807, 2.05) is 12.1 Å². The number of benzene rings is 1. The summed E-state index contributed by atoms with van der Waals surface area (Å²) in [6, 6.07) is 10.2. The molecule has 0 fully saturated rings. The Balaban J connectivity index is 2.17. The summed E-state index contributed by atoms with van der Waals surface area (Å²) >= 11 is 0. The molecular weight excluding hydrogens is 230 g/mol. The second-order valence-electron chi connectivity index (χ2n) is 6.13. The average molecular weight is 257 g/mol. The molecule has 0 saturated heterocycles. The van der Waals surface area contributed by atoms with Crippen molar-refractivity contribution in [3.05, 3.63) is 35.4 Å². The first-order valence-electron chi connectivity index (χ1n) is 7.61. The van der Waals surface area contributed by atoms with Crippen LogP contribution in [0.25, 0.3) is 0 Å². The highest BCUT2D eigenvalue weighted by atomic mass is 14.2. The number of hydrogen-bond donors (Lipinski definition) is 0. The van der Waals surface area contributed by atoms with Gasteiger partial charge in [0.2, 0.25) is 0 Å². The van der Waals surface area contributed by atoms with E-state index in [2.05, 4.69) is 39.0 Å². The monoisotopic (exact) mass is 257 g/mol. The predicted molar refractivity (Wildman–Crippen MR) is 81.9 cm³/mol. The largest absolute Gasteiger partial charge is 0.192 e. The predicted octanol–water partition coefficient (Wildman–Crippen LogP) is 5.34. The summed E-state index contributed by atoms with van der Waals surface area (Å²) in [4.78, 5) is 0. The van der Waals surface area contributed by atoms with E-state index < -0.39 is 0 Å². The van der Waals surface area contributed by atoms with Crippen molar-refractivity contribution in [1.29, 1.82) is 5.26 Å². The zero-order valence-corrected chi connectivity index (χ0v) is 12.7. The van der Waals surface area contributed by atoms with Gasteiger partial charge in [-0.25, -0.2) is 0 Å². The first-order chi connectivity index (χ1) is 9.11. The lowest BCUT2D eigenvalue weighted by molar-refractivity contribution is 0.427. The Hall–Kier alpha value is -1.29. The molecule has 1 nitrogen and oxygen atoms in total. The van der Waals surface area contributed by atoms with E-state index in [1.165, 1.54) is 37.7 Å². The van der Waals surface area contributed by atoms with E-state index >= 15 is 0 Å². The highest BCUT2D eigenvalue weighted by Crippen LogP contribution is 2.18. The SMILES string of the molecule is CC(C)CCC[C@H](C)CCCc1ccc(C#N)cc1. The van der Waals surface area contributed by atoms with Crippen molar-refractivity contribution in [2.24, 2.45) is 11.8 Å². The number of aryl methyl sites for hydroxylation is 1. The molecule has 0 aromatic heterocycles. The van der Waals surface area contributed by atoms with Gasteiger partial charge in [0.1, 0.15) is 0 Å². The van der Waals surface area contributed by atoms with E-state index in [-0.39, 0.29) is 0 Å². The third-order valence-corrected chi connectivity index (χ3v) is 3.72. The Morgan fingerprint density at radius 2 is 1.58 bits per heavy atom. The van der Waals surface area contributed by atoms with Crippen LogP contribution in [0, 0.1) is 23.2 Å². The van der Waals surface area contributed by atoms with Gasteiger partial charge in [0, 0.05) is 0 Å². The van der Waals surface area contributed by atoms with Crippen molar-refractivity contribution in [1.82, 2.24) is 0 Å². The number of rotatable bonds is 8. The Morgan fingerprint density at radius 1 is 0.947 bits per heavy atom. The van der Waals surface area contributed by atoms with Crippen LogP contribution in [0.15, 0.2) is 24.3 Å². The number of hydrogen-bond acceptors (Lipinski definition) is 1. The zero-order chi connectivity index (χ0) is 14.1. The maximum atomic E-state index is 8.75. The molecule has 0 aliphatic rings. The van der Waals surface area contributed by atoms with Crippen LogP contribution in [0.4, 0.5) is 0 Å². The van der Waals surface area contributed by atoms with Crippen molar-refractivity contribution in [3.63, 3.8) is 0 Å². The van der Waals surface area contributed by atoms with Crippen LogP contribution in [0.3, 0.4) is 0 Å². The Bertz CT molecular complexity index is 383. The standard InChI is InChI=1S/C18H27N/c1-15(2)6-4-7-16(3)8-5-9-17-10-12-18(14-19)13-11-17/h10-13,15-16H,4-9H2,1-3H3/t16-/m0/s1. The highest BCUT2D eigenvalue weighted by molar-refractivity contribution is 5.31. The van der Waals surface area contributed by atoms with Gasteiger partial charge in [-0.3, -0.25) is 0 Å². The lowest BCUT2D eigenvalue weighted by Crippen LogP contribution is -1.98.